The summed E-state index contributed by atoms with van der Waals surface area (Å²) in [6.45, 7) is 0. The average Bonchev–Trinajstić information content (AvgIpc) is 2.77. The van der Waals surface area contributed by atoms with Crippen LogP contribution >= 0.6 is 22.9 Å². The molecule has 1 amide bonds. The van der Waals surface area contributed by atoms with Crippen molar-refractivity contribution in [1.29, 1.82) is 0 Å². The van der Waals surface area contributed by atoms with Crippen molar-refractivity contribution < 1.29 is 4.79 Å². The fourth-order valence-corrected chi connectivity index (χ4v) is 3.17. The van der Waals surface area contributed by atoms with Crippen LogP contribution in [0.1, 0.15) is 35.4 Å². The van der Waals surface area contributed by atoms with Crippen LogP contribution in [-0.4, -0.2) is 25.0 Å². The Morgan fingerprint density at radius 1 is 1.29 bits per heavy atom. The molecule has 0 atom stereocenters. The molecule has 5 heteroatoms. The summed E-state index contributed by atoms with van der Waals surface area (Å²) < 4.78 is 0.661. The van der Waals surface area contributed by atoms with Gasteiger partial charge in [-0.3, -0.25) is 4.79 Å². The van der Waals surface area contributed by atoms with E-state index in [2.05, 4.69) is 10.6 Å². The average molecular weight is 273 g/mol. The third-order valence-corrected chi connectivity index (χ3v) is 4.50. The van der Waals surface area contributed by atoms with Crippen LogP contribution in [0.3, 0.4) is 0 Å². The Bertz CT molecular complexity index is 386. The summed E-state index contributed by atoms with van der Waals surface area (Å²) in [5.41, 5.74) is 0. The molecule has 94 valence electrons. The van der Waals surface area contributed by atoms with Crippen molar-refractivity contribution in [2.24, 2.45) is 0 Å². The summed E-state index contributed by atoms with van der Waals surface area (Å²) in [5.74, 6) is 0.00908. The third-order valence-electron chi connectivity index (χ3n) is 3.27. The zero-order valence-electron chi connectivity index (χ0n) is 9.83. The van der Waals surface area contributed by atoms with E-state index in [1.165, 1.54) is 11.3 Å². The lowest BCUT2D eigenvalue weighted by molar-refractivity contribution is 0.0929. The maximum Gasteiger partial charge on any atom is 0.261 e. The maximum atomic E-state index is 11.9. The van der Waals surface area contributed by atoms with Gasteiger partial charge in [0.15, 0.2) is 0 Å². The van der Waals surface area contributed by atoms with Gasteiger partial charge < -0.3 is 10.6 Å². The number of carbonyl (C=O) groups excluding carboxylic acids is 1. The van der Waals surface area contributed by atoms with Gasteiger partial charge >= 0.3 is 0 Å². The fourth-order valence-electron chi connectivity index (χ4n) is 2.22. The first-order valence-corrected chi connectivity index (χ1v) is 7.12. The van der Waals surface area contributed by atoms with Crippen LogP contribution < -0.4 is 10.6 Å². The topological polar surface area (TPSA) is 41.1 Å². The van der Waals surface area contributed by atoms with Gasteiger partial charge in [-0.25, -0.2) is 0 Å². The number of nitrogens with one attached hydrogen (secondary N) is 2. The molecule has 1 aliphatic rings. The molecule has 2 rings (SSSR count). The molecule has 1 heterocycles. The van der Waals surface area contributed by atoms with Gasteiger partial charge in [-0.15, -0.1) is 11.3 Å². The van der Waals surface area contributed by atoms with Gasteiger partial charge in [-0.1, -0.05) is 11.6 Å². The Balaban J connectivity index is 1.84. The summed E-state index contributed by atoms with van der Waals surface area (Å²) in [5, 5.41) is 6.36. The summed E-state index contributed by atoms with van der Waals surface area (Å²) in [6, 6.07) is 4.47. The van der Waals surface area contributed by atoms with Crippen molar-refractivity contribution in [2.45, 2.75) is 37.8 Å². The number of halogens is 1. The van der Waals surface area contributed by atoms with Crippen molar-refractivity contribution >= 4 is 28.8 Å². The van der Waals surface area contributed by atoms with E-state index in [1.807, 2.05) is 7.05 Å². The molecule has 1 aliphatic carbocycles. The molecule has 0 bridgehead atoms. The molecule has 0 radical (unpaired) electrons. The summed E-state index contributed by atoms with van der Waals surface area (Å²) in [7, 11) is 2.00. The van der Waals surface area contributed by atoms with Crippen molar-refractivity contribution in [2.75, 3.05) is 7.05 Å². The maximum absolute atomic E-state index is 11.9. The molecule has 1 saturated carbocycles. The molecule has 3 nitrogen and oxygen atoms in total. The minimum atomic E-state index is 0.00908. The van der Waals surface area contributed by atoms with Crippen molar-refractivity contribution in [3.8, 4) is 0 Å². The van der Waals surface area contributed by atoms with Crippen LogP contribution in [0.5, 0.6) is 0 Å². The molecular formula is C12H17ClN2OS. The highest BCUT2D eigenvalue weighted by atomic mass is 35.5. The normalized spacial score (nSPS) is 24.6. The van der Waals surface area contributed by atoms with Crippen LogP contribution in [0, 0.1) is 0 Å². The molecule has 0 aromatic carbocycles. The highest BCUT2D eigenvalue weighted by molar-refractivity contribution is 7.17. The van der Waals surface area contributed by atoms with E-state index in [4.69, 9.17) is 11.6 Å². The molecule has 2 N–H and O–H groups in total. The minimum absolute atomic E-state index is 0.00908. The number of hydrogen-bond acceptors (Lipinski definition) is 3. The predicted octanol–water partition coefficient (Wildman–Crippen LogP) is 2.66. The first kappa shape index (κ1) is 12.9. The zero-order valence-corrected chi connectivity index (χ0v) is 11.4. The number of rotatable bonds is 3. The quantitative estimate of drug-likeness (QED) is 0.888. The van der Waals surface area contributed by atoms with E-state index < -0.39 is 0 Å². The molecule has 0 spiro atoms. The van der Waals surface area contributed by atoms with E-state index in [0.717, 1.165) is 25.7 Å². The Hall–Kier alpha value is -0.580. The van der Waals surface area contributed by atoms with Gasteiger partial charge in [-0.2, -0.15) is 0 Å². The second-order valence-electron chi connectivity index (χ2n) is 4.41. The first-order valence-electron chi connectivity index (χ1n) is 5.92. The van der Waals surface area contributed by atoms with Crippen LogP contribution in [0.2, 0.25) is 4.34 Å². The van der Waals surface area contributed by atoms with E-state index in [9.17, 15) is 4.79 Å². The monoisotopic (exact) mass is 272 g/mol. The van der Waals surface area contributed by atoms with Gasteiger partial charge in [-0.05, 0) is 44.9 Å². The smallest absolute Gasteiger partial charge is 0.261 e. The molecular weight excluding hydrogens is 256 g/mol. The Morgan fingerprint density at radius 2 is 1.94 bits per heavy atom. The third kappa shape index (κ3) is 3.44. The van der Waals surface area contributed by atoms with Crippen LogP contribution in [0.15, 0.2) is 12.1 Å². The van der Waals surface area contributed by atoms with Crippen molar-refractivity contribution in [3.05, 3.63) is 21.3 Å². The fraction of sp³-hybridized carbons (Fsp3) is 0.583. The molecule has 1 aromatic heterocycles. The predicted molar refractivity (Wildman–Crippen MR) is 71.9 cm³/mol. The van der Waals surface area contributed by atoms with Crippen LogP contribution in [0.4, 0.5) is 0 Å². The van der Waals surface area contributed by atoms with E-state index in [0.29, 0.717) is 21.3 Å². The first-order chi connectivity index (χ1) is 8.19. The summed E-state index contributed by atoms with van der Waals surface area (Å²) in [6.07, 6.45) is 4.37. The van der Waals surface area contributed by atoms with Crippen molar-refractivity contribution in [1.82, 2.24) is 10.6 Å². The number of amides is 1. The highest BCUT2D eigenvalue weighted by Crippen LogP contribution is 2.23. The lowest BCUT2D eigenvalue weighted by Crippen LogP contribution is -2.41. The number of hydrogen-bond donors (Lipinski definition) is 2. The lowest BCUT2D eigenvalue weighted by atomic mass is 9.91. The van der Waals surface area contributed by atoms with E-state index in [-0.39, 0.29) is 5.91 Å². The van der Waals surface area contributed by atoms with Crippen molar-refractivity contribution in [3.63, 3.8) is 0 Å². The minimum Gasteiger partial charge on any atom is -0.349 e. The second kappa shape index (κ2) is 5.85. The molecule has 0 aliphatic heterocycles. The number of thiophene rings is 1. The van der Waals surface area contributed by atoms with E-state index >= 15 is 0 Å². The Kier molecular flexibility index (Phi) is 4.42. The molecule has 0 unspecified atom stereocenters. The molecule has 1 aromatic rings. The largest absolute Gasteiger partial charge is 0.349 e. The lowest BCUT2D eigenvalue weighted by Gasteiger charge is -2.28. The van der Waals surface area contributed by atoms with Gasteiger partial charge in [0.1, 0.15) is 0 Å². The zero-order chi connectivity index (χ0) is 12.3. The summed E-state index contributed by atoms with van der Waals surface area (Å²) in [4.78, 5) is 12.6. The Morgan fingerprint density at radius 3 is 2.47 bits per heavy atom. The second-order valence-corrected chi connectivity index (χ2v) is 6.13. The Labute approximate surface area is 111 Å². The SMILES string of the molecule is CNC1CCC(NC(=O)c2ccc(Cl)s2)CC1. The van der Waals surface area contributed by atoms with Crippen LogP contribution in [0.25, 0.3) is 0 Å². The molecule has 0 saturated heterocycles. The van der Waals surface area contributed by atoms with Gasteiger partial charge in [0.05, 0.1) is 9.21 Å². The molecule has 17 heavy (non-hydrogen) atoms. The van der Waals surface area contributed by atoms with Crippen LogP contribution in [-0.2, 0) is 0 Å². The van der Waals surface area contributed by atoms with Gasteiger partial charge in [0.2, 0.25) is 0 Å². The van der Waals surface area contributed by atoms with E-state index in [1.54, 1.807) is 12.1 Å². The standard InChI is InChI=1S/C12H17ClN2OS/c1-14-8-2-4-9(5-3-8)15-12(16)10-6-7-11(13)17-10/h6-9,14H,2-5H2,1H3,(H,15,16). The summed E-state index contributed by atoms with van der Waals surface area (Å²) >= 11 is 7.15. The number of carbonyl (C=O) groups is 1. The van der Waals surface area contributed by atoms with Gasteiger partial charge in [0.25, 0.3) is 5.91 Å². The highest BCUT2D eigenvalue weighted by Gasteiger charge is 2.22. The molecule has 1 fully saturated rings. The van der Waals surface area contributed by atoms with Gasteiger partial charge in [0, 0.05) is 12.1 Å².